The molecule has 6 nitrogen and oxygen atoms in total. The minimum Gasteiger partial charge on any atom is -0.462 e. The van der Waals surface area contributed by atoms with Crippen molar-refractivity contribution in [3.8, 4) is 0 Å². The fraction of sp³-hybridized carbons (Fsp3) is 0.732. The zero-order valence-electron chi connectivity index (χ0n) is 40.6. The first-order chi connectivity index (χ1) is 30.5. The highest BCUT2D eigenvalue weighted by atomic mass is 16.6. The molecule has 0 bridgehead atoms. The molecule has 0 aromatic rings. The van der Waals surface area contributed by atoms with E-state index in [0.717, 1.165) is 89.9 Å². The fourth-order valence-corrected chi connectivity index (χ4v) is 6.99. The number of ether oxygens (including phenoxy) is 3. The molecule has 0 fully saturated rings. The van der Waals surface area contributed by atoms with Crippen molar-refractivity contribution in [1.29, 1.82) is 0 Å². The third-order valence-electron chi connectivity index (χ3n) is 10.9. The lowest BCUT2D eigenvalue weighted by molar-refractivity contribution is -0.167. The van der Waals surface area contributed by atoms with Gasteiger partial charge in [0.25, 0.3) is 0 Å². The summed E-state index contributed by atoms with van der Waals surface area (Å²) in [6.07, 6.45) is 63.1. The number of hydrogen-bond donors (Lipinski definition) is 0. The van der Waals surface area contributed by atoms with Crippen LogP contribution in [0, 0.1) is 0 Å². The van der Waals surface area contributed by atoms with E-state index in [0.29, 0.717) is 19.3 Å². The summed E-state index contributed by atoms with van der Waals surface area (Å²) in [4.78, 5) is 37.9. The van der Waals surface area contributed by atoms with Crippen LogP contribution < -0.4 is 0 Å². The van der Waals surface area contributed by atoms with Gasteiger partial charge in [0.2, 0.25) is 0 Å². The summed E-state index contributed by atoms with van der Waals surface area (Å²) in [6, 6.07) is 0. The first-order valence-electron chi connectivity index (χ1n) is 25.9. The van der Waals surface area contributed by atoms with E-state index in [1.54, 1.807) is 0 Å². The first-order valence-corrected chi connectivity index (χ1v) is 25.9. The molecule has 0 amide bonds. The highest BCUT2D eigenvalue weighted by Crippen LogP contribution is 2.14. The number of hydrogen-bond acceptors (Lipinski definition) is 6. The van der Waals surface area contributed by atoms with Crippen molar-refractivity contribution in [3.63, 3.8) is 0 Å². The number of carbonyl (C=O) groups is 3. The molecule has 0 aromatic carbocycles. The molecule has 0 spiro atoms. The molecule has 0 N–H and O–H groups in total. The largest absolute Gasteiger partial charge is 0.462 e. The Kier molecular flexibility index (Phi) is 47.9. The van der Waals surface area contributed by atoms with E-state index in [1.165, 1.54) is 109 Å². The summed E-state index contributed by atoms with van der Waals surface area (Å²) < 4.78 is 16.7. The smallest absolute Gasteiger partial charge is 0.306 e. The second kappa shape index (κ2) is 50.5. The summed E-state index contributed by atoms with van der Waals surface area (Å²) in [5, 5.41) is 0. The molecule has 0 heterocycles. The summed E-state index contributed by atoms with van der Waals surface area (Å²) >= 11 is 0. The summed E-state index contributed by atoms with van der Waals surface area (Å²) in [6.45, 7) is 6.52. The minimum atomic E-state index is -0.807. The molecular formula is C56H96O6. The van der Waals surface area contributed by atoms with Crippen molar-refractivity contribution in [2.75, 3.05) is 13.2 Å². The van der Waals surface area contributed by atoms with E-state index in [2.05, 4.69) is 93.7 Å². The van der Waals surface area contributed by atoms with Gasteiger partial charge < -0.3 is 14.2 Å². The third kappa shape index (κ3) is 47.9. The van der Waals surface area contributed by atoms with Gasteiger partial charge in [0.1, 0.15) is 13.2 Å². The lowest BCUT2D eigenvalue weighted by Crippen LogP contribution is -2.30. The van der Waals surface area contributed by atoms with Crippen LogP contribution in [0.25, 0.3) is 0 Å². The van der Waals surface area contributed by atoms with Crippen LogP contribution in [0.15, 0.2) is 72.9 Å². The Hall–Kier alpha value is -3.15. The molecule has 1 atom stereocenters. The van der Waals surface area contributed by atoms with Crippen LogP contribution in [0.2, 0.25) is 0 Å². The quantitative estimate of drug-likeness (QED) is 0.0262. The summed E-state index contributed by atoms with van der Waals surface area (Å²) in [7, 11) is 0. The van der Waals surface area contributed by atoms with Gasteiger partial charge in [-0.15, -0.1) is 0 Å². The Balaban J connectivity index is 4.49. The lowest BCUT2D eigenvalue weighted by Gasteiger charge is -2.18. The minimum absolute atomic E-state index is 0.100. The molecule has 0 saturated heterocycles. The number of unbranched alkanes of at least 4 members (excludes halogenated alkanes) is 23. The van der Waals surface area contributed by atoms with E-state index in [9.17, 15) is 14.4 Å². The predicted octanol–water partition coefficient (Wildman–Crippen LogP) is 17.0. The highest BCUT2D eigenvalue weighted by Gasteiger charge is 2.19. The highest BCUT2D eigenvalue weighted by molar-refractivity contribution is 5.71. The van der Waals surface area contributed by atoms with Crippen LogP contribution >= 0.6 is 0 Å². The second-order valence-electron chi connectivity index (χ2n) is 17.1. The van der Waals surface area contributed by atoms with Crippen LogP contribution in [0.3, 0.4) is 0 Å². The van der Waals surface area contributed by atoms with E-state index < -0.39 is 6.10 Å². The SMILES string of the molecule is CCCCC/C=C\C/C=C\C/C=C\C/C=C\CCCC(=O)O[C@H](COC(=O)CCCCCCC/C=C\C/C=C\CCCCC)COC(=O)CCCCCCCCCCCCCC. The second-order valence-corrected chi connectivity index (χ2v) is 17.1. The van der Waals surface area contributed by atoms with Crippen LogP contribution in [-0.4, -0.2) is 37.2 Å². The third-order valence-corrected chi connectivity index (χ3v) is 10.9. The van der Waals surface area contributed by atoms with Crippen LogP contribution in [-0.2, 0) is 28.6 Å². The molecule has 356 valence electrons. The van der Waals surface area contributed by atoms with Gasteiger partial charge in [-0.2, -0.15) is 0 Å². The molecule has 0 aliphatic carbocycles. The molecule has 62 heavy (non-hydrogen) atoms. The Bertz CT molecular complexity index is 1180. The molecular weight excluding hydrogens is 769 g/mol. The zero-order valence-corrected chi connectivity index (χ0v) is 40.6. The first kappa shape index (κ1) is 58.9. The topological polar surface area (TPSA) is 78.9 Å². The number of rotatable bonds is 46. The van der Waals surface area contributed by atoms with Crippen molar-refractivity contribution < 1.29 is 28.6 Å². The monoisotopic (exact) mass is 865 g/mol. The van der Waals surface area contributed by atoms with Crippen molar-refractivity contribution in [1.82, 2.24) is 0 Å². The van der Waals surface area contributed by atoms with E-state index in [-0.39, 0.29) is 37.5 Å². The average Bonchev–Trinajstić information content (AvgIpc) is 3.27. The molecule has 6 heteroatoms. The van der Waals surface area contributed by atoms with Gasteiger partial charge in [-0.05, 0) is 89.9 Å². The summed E-state index contributed by atoms with van der Waals surface area (Å²) in [5.41, 5.74) is 0. The van der Waals surface area contributed by atoms with Crippen LogP contribution in [0.1, 0.15) is 245 Å². The van der Waals surface area contributed by atoms with Crippen molar-refractivity contribution in [3.05, 3.63) is 72.9 Å². The maximum atomic E-state index is 12.8. The van der Waals surface area contributed by atoms with Crippen molar-refractivity contribution >= 4 is 17.9 Å². The number of carbonyl (C=O) groups excluding carboxylic acids is 3. The van der Waals surface area contributed by atoms with Crippen LogP contribution in [0.4, 0.5) is 0 Å². The zero-order chi connectivity index (χ0) is 45.1. The van der Waals surface area contributed by atoms with Crippen LogP contribution in [0.5, 0.6) is 0 Å². The normalized spacial score (nSPS) is 12.6. The Morgan fingerprint density at radius 3 is 0.984 bits per heavy atom. The van der Waals surface area contributed by atoms with Gasteiger partial charge in [-0.25, -0.2) is 0 Å². The van der Waals surface area contributed by atoms with Crippen molar-refractivity contribution in [2.45, 2.75) is 252 Å². The Labute approximate surface area is 382 Å². The van der Waals surface area contributed by atoms with Gasteiger partial charge in [0.05, 0.1) is 0 Å². The molecule has 0 rings (SSSR count). The van der Waals surface area contributed by atoms with E-state index in [1.807, 2.05) is 0 Å². The summed E-state index contributed by atoms with van der Waals surface area (Å²) in [5.74, 6) is -0.970. The average molecular weight is 865 g/mol. The maximum Gasteiger partial charge on any atom is 0.306 e. The molecule has 0 aliphatic heterocycles. The molecule has 0 saturated carbocycles. The van der Waals surface area contributed by atoms with Gasteiger partial charge in [-0.3, -0.25) is 14.4 Å². The molecule has 0 unspecified atom stereocenters. The standard InChI is InChI=1S/C56H96O6/c1-4-7-10-13-16-19-22-25-27-28-30-32-35-38-41-44-47-50-56(59)62-53(51-60-54(57)48-45-42-39-36-33-24-21-18-15-12-9-6-3)52-61-55(58)49-46-43-40-37-34-31-29-26-23-20-17-14-11-8-5-2/h16-17,19-20,25-27,29-30,32,38,41,53H,4-15,18,21-24,28,31,33-37,39-40,42-52H2,1-3H3/b19-16-,20-17-,27-25-,29-26-,32-30-,41-38-/t53-/m0/s1. The maximum absolute atomic E-state index is 12.8. The Morgan fingerprint density at radius 1 is 0.323 bits per heavy atom. The predicted molar refractivity (Wildman–Crippen MR) is 265 cm³/mol. The van der Waals surface area contributed by atoms with Gasteiger partial charge in [0, 0.05) is 19.3 Å². The Morgan fingerprint density at radius 2 is 0.597 bits per heavy atom. The molecule has 0 aliphatic rings. The van der Waals surface area contributed by atoms with Gasteiger partial charge in [-0.1, -0.05) is 209 Å². The van der Waals surface area contributed by atoms with Gasteiger partial charge in [0.15, 0.2) is 6.10 Å². The molecule has 0 radical (unpaired) electrons. The number of allylic oxidation sites excluding steroid dienone is 12. The molecule has 0 aromatic heterocycles. The lowest BCUT2D eigenvalue weighted by atomic mass is 10.0. The van der Waals surface area contributed by atoms with E-state index >= 15 is 0 Å². The number of esters is 3. The van der Waals surface area contributed by atoms with Gasteiger partial charge >= 0.3 is 17.9 Å². The van der Waals surface area contributed by atoms with E-state index in [4.69, 9.17) is 14.2 Å². The van der Waals surface area contributed by atoms with Crippen molar-refractivity contribution in [2.24, 2.45) is 0 Å². The fourth-order valence-electron chi connectivity index (χ4n) is 6.99.